The van der Waals surface area contributed by atoms with Crippen LogP contribution in [0.1, 0.15) is 39.8 Å². The Kier molecular flexibility index (Phi) is 8.30. The van der Waals surface area contributed by atoms with E-state index in [0.29, 0.717) is 21.6 Å². The second-order valence-corrected chi connectivity index (χ2v) is 9.96. The highest BCUT2D eigenvalue weighted by Crippen LogP contribution is 2.38. The standard InChI is InChI=1S/C22H29N6O5PS/c1-13(2)31-21(29)14(3)27-34(33-15-7-5-4-6-8-15)30-11-16-9-10-17(32-16)28-12-24-18-19(28)25-22(23)26-20(18)35/h4-8,12-14,16-17,27H,9-11H2,1-3H3,(H3,23,25,26,35). The van der Waals surface area contributed by atoms with Gasteiger partial charge in [0, 0.05) is 0 Å². The second-order valence-electron chi connectivity index (χ2n) is 8.36. The van der Waals surface area contributed by atoms with Crippen LogP contribution in [0.25, 0.3) is 11.2 Å². The van der Waals surface area contributed by atoms with E-state index in [9.17, 15) is 4.79 Å². The summed E-state index contributed by atoms with van der Waals surface area (Å²) in [5.41, 5.74) is 7.07. The van der Waals surface area contributed by atoms with Gasteiger partial charge in [-0.15, -0.1) is 0 Å². The lowest BCUT2D eigenvalue weighted by atomic mass is 10.2. The molecule has 0 saturated carbocycles. The lowest BCUT2D eigenvalue weighted by Gasteiger charge is -2.23. The number of esters is 1. The van der Waals surface area contributed by atoms with E-state index in [4.69, 9.17) is 36.5 Å². The van der Waals surface area contributed by atoms with Crippen molar-refractivity contribution in [3.8, 4) is 5.75 Å². The second kappa shape index (κ2) is 11.4. The third-order valence-corrected chi connectivity index (χ3v) is 6.82. The van der Waals surface area contributed by atoms with Crippen molar-refractivity contribution in [3.05, 3.63) is 41.3 Å². The fourth-order valence-corrected chi connectivity index (χ4v) is 5.01. The van der Waals surface area contributed by atoms with Crippen LogP contribution < -0.4 is 15.3 Å². The smallest absolute Gasteiger partial charge is 0.323 e. The Labute approximate surface area is 209 Å². The Morgan fingerprint density at radius 1 is 1.34 bits per heavy atom. The molecule has 35 heavy (non-hydrogen) atoms. The minimum Gasteiger partial charge on any atom is -0.462 e. The third kappa shape index (κ3) is 6.53. The topological polar surface area (TPSA) is 139 Å². The Balaban J connectivity index is 1.39. The minimum absolute atomic E-state index is 0.177. The predicted molar refractivity (Wildman–Crippen MR) is 134 cm³/mol. The molecule has 13 heteroatoms. The van der Waals surface area contributed by atoms with Crippen molar-refractivity contribution < 1.29 is 23.3 Å². The van der Waals surface area contributed by atoms with Crippen molar-refractivity contribution in [2.45, 2.75) is 58.1 Å². The number of benzene rings is 1. The van der Waals surface area contributed by atoms with Gasteiger partial charge in [-0.3, -0.25) is 9.36 Å². The van der Waals surface area contributed by atoms with E-state index >= 15 is 0 Å². The highest BCUT2D eigenvalue weighted by molar-refractivity contribution is 7.71. The van der Waals surface area contributed by atoms with E-state index in [1.807, 2.05) is 34.9 Å². The molecule has 4 rings (SSSR count). The summed E-state index contributed by atoms with van der Waals surface area (Å²) in [7, 11) is -1.64. The van der Waals surface area contributed by atoms with Gasteiger partial charge in [0.25, 0.3) is 0 Å². The zero-order valence-electron chi connectivity index (χ0n) is 19.7. The van der Waals surface area contributed by atoms with Crippen LogP contribution in [0.5, 0.6) is 5.75 Å². The number of carbonyl (C=O) groups excluding carboxylic acids is 1. The average Bonchev–Trinajstić information content (AvgIpc) is 3.44. The number of nitrogens with one attached hydrogen (secondary N) is 2. The summed E-state index contributed by atoms with van der Waals surface area (Å²) in [6.07, 6.45) is 2.55. The number of hydrogen-bond donors (Lipinski definition) is 3. The van der Waals surface area contributed by atoms with Crippen LogP contribution in [0.4, 0.5) is 5.95 Å². The van der Waals surface area contributed by atoms with Crippen molar-refractivity contribution in [1.29, 1.82) is 0 Å². The lowest BCUT2D eigenvalue weighted by Crippen LogP contribution is -2.35. The molecule has 1 aliphatic rings. The van der Waals surface area contributed by atoms with Crippen LogP contribution in [0, 0.1) is 4.64 Å². The number of aromatic amines is 1. The van der Waals surface area contributed by atoms with Crippen molar-refractivity contribution in [2.75, 3.05) is 12.3 Å². The molecule has 4 atom stereocenters. The summed E-state index contributed by atoms with van der Waals surface area (Å²) in [5, 5.41) is 3.11. The molecule has 188 valence electrons. The molecule has 4 N–H and O–H groups in total. The summed E-state index contributed by atoms with van der Waals surface area (Å²) in [5.74, 6) is 0.483. The van der Waals surface area contributed by atoms with Crippen LogP contribution >= 0.6 is 20.7 Å². The SMILES string of the molecule is CC(C)OC(=O)C(C)NP(OCC1CCC(n2cnc3c(=S)nc(N)[nH]c32)O1)Oc1ccccc1. The van der Waals surface area contributed by atoms with Crippen molar-refractivity contribution in [3.63, 3.8) is 0 Å². The number of para-hydroxylation sites is 1. The van der Waals surface area contributed by atoms with E-state index in [0.717, 1.165) is 12.8 Å². The molecule has 1 fully saturated rings. The van der Waals surface area contributed by atoms with Gasteiger partial charge < -0.3 is 29.2 Å². The van der Waals surface area contributed by atoms with Gasteiger partial charge in [0.2, 0.25) is 0 Å². The number of nitrogens with zero attached hydrogens (tertiary/aromatic N) is 3. The van der Waals surface area contributed by atoms with Crippen molar-refractivity contribution in [2.24, 2.45) is 0 Å². The monoisotopic (exact) mass is 520 g/mol. The molecule has 1 saturated heterocycles. The molecule has 0 radical (unpaired) electrons. The van der Waals surface area contributed by atoms with Gasteiger partial charge in [0.15, 0.2) is 10.6 Å². The lowest BCUT2D eigenvalue weighted by molar-refractivity contribution is -0.149. The molecule has 1 aliphatic heterocycles. The first-order valence-corrected chi connectivity index (χ1v) is 12.9. The molecule has 0 aliphatic carbocycles. The fraction of sp³-hybridized carbons (Fsp3) is 0.455. The number of nitrogen functional groups attached to an aromatic ring is 1. The van der Waals surface area contributed by atoms with E-state index in [1.165, 1.54) is 0 Å². The van der Waals surface area contributed by atoms with Gasteiger partial charge in [-0.2, -0.15) is 0 Å². The van der Waals surface area contributed by atoms with Crippen LogP contribution in [0.3, 0.4) is 0 Å². The maximum Gasteiger partial charge on any atom is 0.323 e. The fourth-order valence-electron chi connectivity index (χ4n) is 3.55. The van der Waals surface area contributed by atoms with Crippen molar-refractivity contribution >= 4 is 43.8 Å². The summed E-state index contributed by atoms with van der Waals surface area (Å²) in [6, 6.07) is 8.68. The quantitative estimate of drug-likeness (QED) is 0.204. The highest BCUT2D eigenvalue weighted by atomic mass is 32.1. The number of imidazole rings is 1. The van der Waals surface area contributed by atoms with E-state index in [-0.39, 0.29) is 37.0 Å². The summed E-state index contributed by atoms with van der Waals surface area (Å²) < 4.78 is 25.8. The number of nitrogens with two attached hydrogens (primary N) is 1. The van der Waals surface area contributed by atoms with Gasteiger partial charge in [-0.1, -0.05) is 30.4 Å². The molecular weight excluding hydrogens is 491 g/mol. The molecule has 3 heterocycles. The minimum atomic E-state index is -1.64. The molecule has 0 bridgehead atoms. The molecule has 0 amide bonds. The van der Waals surface area contributed by atoms with Crippen LogP contribution in [-0.2, 0) is 18.8 Å². The molecule has 2 aromatic heterocycles. The first-order valence-electron chi connectivity index (χ1n) is 11.3. The molecule has 4 unspecified atom stereocenters. The first kappa shape index (κ1) is 25.5. The Morgan fingerprint density at radius 2 is 2.11 bits per heavy atom. The molecule has 11 nitrogen and oxygen atoms in total. The van der Waals surface area contributed by atoms with Gasteiger partial charge >= 0.3 is 14.5 Å². The molecule has 3 aromatic rings. The number of aromatic nitrogens is 4. The normalized spacial score (nSPS) is 19.7. The van der Waals surface area contributed by atoms with Crippen LogP contribution in [-0.4, -0.2) is 50.3 Å². The molecular formula is C22H29N6O5PS. The number of hydrogen-bond acceptors (Lipinski definition) is 10. The Hall–Kier alpha value is -2.63. The maximum absolute atomic E-state index is 12.3. The summed E-state index contributed by atoms with van der Waals surface area (Å²) >= 11 is 5.25. The number of ether oxygens (including phenoxy) is 2. The number of H-pyrrole nitrogens is 1. The van der Waals surface area contributed by atoms with Gasteiger partial charge in [-0.05, 0) is 45.7 Å². The molecule has 0 spiro atoms. The Bertz CT molecular complexity index is 1210. The maximum atomic E-state index is 12.3. The summed E-state index contributed by atoms with van der Waals surface area (Å²) in [6.45, 7) is 5.61. The third-order valence-electron chi connectivity index (χ3n) is 5.17. The number of rotatable bonds is 10. The van der Waals surface area contributed by atoms with Gasteiger partial charge in [0.05, 0.1) is 25.1 Å². The summed E-state index contributed by atoms with van der Waals surface area (Å²) in [4.78, 5) is 23.7. The Morgan fingerprint density at radius 3 is 2.86 bits per heavy atom. The van der Waals surface area contributed by atoms with Crippen LogP contribution in [0.15, 0.2) is 36.7 Å². The number of anilines is 1. The van der Waals surface area contributed by atoms with Gasteiger partial charge in [-0.25, -0.2) is 15.1 Å². The van der Waals surface area contributed by atoms with Crippen molar-refractivity contribution in [1.82, 2.24) is 24.6 Å². The highest BCUT2D eigenvalue weighted by Gasteiger charge is 2.30. The predicted octanol–water partition coefficient (Wildman–Crippen LogP) is 4.00. The van der Waals surface area contributed by atoms with E-state index < -0.39 is 14.6 Å². The van der Waals surface area contributed by atoms with E-state index in [2.05, 4.69) is 20.0 Å². The zero-order valence-corrected chi connectivity index (χ0v) is 21.4. The van der Waals surface area contributed by atoms with Crippen LogP contribution in [0.2, 0.25) is 0 Å². The largest absolute Gasteiger partial charge is 0.462 e. The van der Waals surface area contributed by atoms with Gasteiger partial charge in [0.1, 0.15) is 29.2 Å². The number of carbonyl (C=O) groups is 1. The zero-order chi connectivity index (χ0) is 24.9. The first-order chi connectivity index (χ1) is 16.8. The van der Waals surface area contributed by atoms with E-state index in [1.54, 1.807) is 27.1 Å². The molecule has 1 aromatic carbocycles. The average molecular weight is 521 g/mol. The number of fused-ring (bicyclic) bond motifs is 1.